The lowest BCUT2D eigenvalue weighted by atomic mass is 9.95. The van der Waals surface area contributed by atoms with Gasteiger partial charge in [0, 0.05) is 0 Å². The van der Waals surface area contributed by atoms with E-state index in [1.54, 1.807) is 6.08 Å². The van der Waals surface area contributed by atoms with E-state index in [4.69, 9.17) is 12.2 Å². The van der Waals surface area contributed by atoms with Crippen molar-refractivity contribution < 1.29 is 0 Å². The predicted molar refractivity (Wildman–Crippen MR) is 83.5 cm³/mol. The molecule has 0 heterocycles. The fourth-order valence-electron chi connectivity index (χ4n) is 1.49. The quantitative estimate of drug-likeness (QED) is 0.215. The molecule has 0 aromatic heterocycles. The molecule has 0 aliphatic heterocycles. The van der Waals surface area contributed by atoms with Crippen LogP contribution < -0.4 is 0 Å². The molecule has 0 N–H and O–H groups in total. The van der Waals surface area contributed by atoms with Crippen LogP contribution in [0.3, 0.4) is 0 Å². The second kappa shape index (κ2) is 10.2. The molecule has 0 spiro atoms. The molecule has 0 radical (unpaired) electrons. The zero-order valence-corrected chi connectivity index (χ0v) is 11.8. The van der Waals surface area contributed by atoms with E-state index in [0.29, 0.717) is 5.92 Å². The summed E-state index contributed by atoms with van der Waals surface area (Å²) < 4.78 is 0. The zero-order chi connectivity index (χ0) is 13.1. The van der Waals surface area contributed by atoms with Crippen molar-refractivity contribution in [1.29, 1.82) is 0 Å². The number of rotatable bonds is 10. The normalized spacial score (nSPS) is 12.3. The minimum Gasteiger partial charge on any atom is -0.103 e. The Balaban J connectivity index is 3.82. The molecule has 0 aromatic carbocycles. The van der Waals surface area contributed by atoms with Gasteiger partial charge in [0.15, 0.2) is 0 Å². The van der Waals surface area contributed by atoms with Gasteiger partial charge in [0.25, 0.3) is 0 Å². The molecule has 1 unspecified atom stereocenters. The molecule has 0 fully saturated rings. The predicted octanol–water partition coefficient (Wildman–Crippen LogP) is 5.43. The SMILES string of the molecule is C=C/C=C\C(=C)C(C)CCC(=S)CCCC=C. The summed E-state index contributed by atoms with van der Waals surface area (Å²) in [5.41, 5.74) is 1.15. The van der Waals surface area contributed by atoms with Crippen LogP contribution in [0.2, 0.25) is 0 Å². The van der Waals surface area contributed by atoms with E-state index in [1.807, 2.05) is 18.2 Å². The zero-order valence-electron chi connectivity index (χ0n) is 11.0. The molecule has 0 saturated carbocycles. The van der Waals surface area contributed by atoms with E-state index < -0.39 is 0 Å². The van der Waals surface area contributed by atoms with E-state index >= 15 is 0 Å². The number of hydrogen-bond acceptors (Lipinski definition) is 1. The summed E-state index contributed by atoms with van der Waals surface area (Å²) in [6.07, 6.45) is 13.0. The minimum atomic E-state index is 0.489. The van der Waals surface area contributed by atoms with Crippen molar-refractivity contribution in [2.45, 2.75) is 39.0 Å². The molecular weight excluding hydrogens is 224 g/mol. The van der Waals surface area contributed by atoms with Gasteiger partial charge in [0.2, 0.25) is 0 Å². The lowest BCUT2D eigenvalue weighted by Crippen LogP contribution is -2.01. The van der Waals surface area contributed by atoms with E-state index in [-0.39, 0.29) is 0 Å². The highest BCUT2D eigenvalue weighted by atomic mass is 32.1. The van der Waals surface area contributed by atoms with Crippen LogP contribution in [-0.2, 0) is 0 Å². The maximum Gasteiger partial charge on any atom is -0.00712 e. The van der Waals surface area contributed by atoms with Crippen molar-refractivity contribution in [1.82, 2.24) is 0 Å². The van der Waals surface area contributed by atoms with Gasteiger partial charge in [-0.1, -0.05) is 62.2 Å². The van der Waals surface area contributed by atoms with Gasteiger partial charge < -0.3 is 0 Å². The van der Waals surface area contributed by atoms with Crippen LogP contribution in [0.4, 0.5) is 0 Å². The van der Waals surface area contributed by atoms with Crippen LogP contribution in [0.5, 0.6) is 0 Å². The number of hydrogen-bond donors (Lipinski definition) is 0. The first kappa shape index (κ1) is 16.1. The fraction of sp³-hybridized carbons (Fsp3) is 0.438. The highest BCUT2D eigenvalue weighted by molar-refractivity contribution is 7.80. The van der Waals surface area contributed by atoms with Crippen molar-refractivity contribution in [2.24, 2.45) is 5.92 Å². The average molecular weight is 248 g/mol. The summed E-state index contributed by atoms with van der Waals surface area (Å²) in [6.45, 7) is 13.6. The van der Waals surface area contributed by atoms with Crippen LogP contribution in [0, 0.1) is 5.92 Å². The average Bonchev–Trinajstić information content (AvgIpc) is 2.33. The Hall–Kier alpha value is -0.950. The summed E-state index contributed by atoms with van der Waals surface area (Å²) in [4.78, 5) is 1.18. The molecule has 0 aromatic rings. The molecule has 17 heavy (non-hydrogen) atoms. The first-order valence-electron chi connectivity index (χ1n) is 6.22. The van der Waals surface area contributed by atoms with Crippen LogP contribution in [0.1, 0.15) is 39.0 Å². The van der Waals surface area contributed by atoms with Crippen LogP contribution in [0.25, 0.3) is 0 Å². The monoisotopic (exact) mass is 248 g/mol. The second-order valence-electron chi connectivity index (χ2n) is 4.33. The van der Waals surface area contributed by atoms with Gasteiger partial charge in [0.05, 0.1) is 0 Å². The number of unbranched alkanes of at least 4 members (excludes halogenated alkanes) is 1. The van der Waals surface area contributed by atoms with Crippen LogP contribution in [0.15, 0.2) is 49.6 Å². The van der Waals surface area contributed by atoms with Crippen molar-refractivity contribution in [3.63, 3.8) is 0 Å². The third kappa shape index (κ3) is 8.82. The summed E-state index contributed by atoms with van der Waals surface area (Å²) in [5.74, 6) is 0.489. The number of allylic oxidation sites excluding steroid dienone is 5. The molecule has 0 aliphatic rings. The van der Waals surface area contributed by atoms with E-state index in [1.165, 1.54) is 4.86 Å². The summed E-state index contributed by atoms with van der Waals surface area (Å²) in [7, 11) is 0. The van der Waals surface area contributed by atoms with Gasteiger partial charge >= 0.3 is 0 Å². The summed E-state index contributed by atoms with van der Waals surface area (Å²) in [6, 6.07) is 0. The molecular formula is C16H24S. The maximum absolute atomic E-state index is 5.36. The molecule has 0 bridgehead atoms. The fourth-order valence-corrected chi connectivity index (χ4v) is 1.75. The van der Waals surface area contributed by atoms with Gasteiger partial charge in [-0.15, -0.1) is 6.58 Å². The second-order valence-corrected chi connectivity index (χ2v) is 4.91. The molecule has 94 valence electrons. The lowest BCUT2D eigenvalue weighted by molar-refractivity contribution is 0.644. The summed E-state index contributed by atoms with van der Waals surface area (Å²) in [5, 5.41) is 0. The summed E-state index contributed by atoms with van der Waals surface area (Å²) >= 11 is 5.36. The Kier molecular flexibility index (Phi) is 9.65. The Labute approximate surface area is 112 Å². The maximum atomic E-state index is 5.36. The van der Waals surface area contributed by atoms with Crippen LogP contribution >= 0.6 is 12.2 Å². The highest BCUT2D eigenvalue weighted by Gasteiger charge is 2.05. The van der Waals surface area contributed by atoms with E-state index in [9.17, 15) is 0 Å². The molecule has 1 heteroatoms. The molecule has 1 atom stereocenters. The first-order chi connectivity index (χ1) is 8.11. The van der Waals surface area contributed by atoms with Gasteiger partial charge in [-0.2, -0.15) is 0 Å². The standard InChI is InChI=1S/C16H24S/c1-5-7-9-11-16(17)13-12-15(4)14(3)10-8-6-2/h5-6,8,10,15H,1-3,7,9,11-13H2,4H3/b10-8-. The van der Waals surface area contributed by atoms with Crippen molar-refractivity contribution >= 4 is 17.1 Å². The van der Waals surface area contributed by atoms with E-state index in [0.717, 1.165) is 37.7 Å². The third-order valence-electron chi connectivity index (χ3n) is 2.80. The van der Waals surface area contributed by atoms with Crippen molar-refractivity contribution in [3.05, 3.63) is 49.6 Å². The van der Waals surface area contributed by atoms with Gasteiger partial charge in [0.1, 0.15) is 0 Å². The lowest BCUT2D eigenvalue weighted by Gasteiger charge is -2.11. The number of thiocarbonyl (C=S) groups is 1. The van der Waals surface area contributed by atoms with Gasteiger partial charge in [-0.05, 0) is 42.9 Å². The molecule has 0 aliphatic carbocycles. The molecule has 0 saturated heterocycles. The Morgan fingerprint density at radius 3 is 2.59 bits per heavy atom. The smallest absolute Gasteiger partial charge is 0.00712 e. The van der Waals surface area contributed by atoms with Crippen molar-refractivity contribution in [2.75, 3.05) is 0 Å². The van der Waals surface area contributed by atoms with Crippen molar-refractivity contribution in [3.8, 4) is 0 Å². The van der Waals surface area contributed by atoms with E-state index in [2.05, 4.69) is 26.7 Å². The molecule has 0 nitrogen and oxygen atoms in total. The minimum absolute atomic E-state index is 0.489. The van der Waals surface area contributed by atoms with Gasteiger partial charge in [-0.25, -0.2) is 0 Å². The largest absolute Gasteiger partial charge is 0.103 e. The third-order valence-corrected chi connectivity index (χ3v) is 3.21. The highest BCUT2D eigenvalue weighted by Crippen LogP contribution is 2.17. The Morgan fingerprint density at radius 2 is 2.00 bits per heavy atom. The Morgan fingerprint density at radius 1 is 1.29 bits per heavy atom. The molecule has 0 rings (SSSR count). The van der Waals surface area contributed by atoms with Crippen LogP contribution in [-0.4, -0.2) is 4.86 Å². The topological polar surface area (TPSA) is 0 Å². The molecule has 0 amide bonds. The Bertz CT molecular complexity index is 297. The van der Waals surface area contributed by atoms with Gasteiger partial charge in [-0.3, -0.25) is 0 Å². The first-order valence-corrected chi connectivity index (χ1v) is 6.63.